The smallest absolute Gasteiger partial charge is 0.416 e. The van der Waals surface area contributed by atoms with Crippen LogP contribution in [0.1, 0.15) is 38.2 Å². The van der Waals surface area contributed by atoms with Gasteiger partial charge < -0.3 is 15.0 Å². The van der Waals surface area contributed by atoms with Gasteiger partial charge in [0.1, 0.15) is 0 Å². The Bertz CT molecular complexity index is 780. The molecule has 0 spiro atoms. The summed E-state index contributed by atoms with van der Waals surface area (Å²) in [6.45, 7) is 1.29. The maximum atomic E-state index is 12.8. The van der Waals surface area contributed by atoms with Gasteiger partial charge in [0.15, 0.2) is 0 Å². The minimum absolute atomic E-state index is 0. The Balaban J connectivity index is 0.00000240. The summed E-state index contributed by atoms with van der Waals surface area (Å²) in [7, 11) is 1.31. The van der Waals surface area contributed by atoms with Crippen LogP contribution in [0, 0.1) is 11.8 Å². The van der Waals surface area contributed by atoms with E-state index >= 15 is 0 Å². The lowest BCUT2D eigenvalue weighted by molar-refractivity contribution is -0.140. The van der Waals surface area contributed by atoms with Crippen LogP contribution in [0.15, 0.2) is 24.3 Å². The second-order valence-electron chi connectivity index (χ2n) is 8.17. The quantitative estimate of drug-likeness (QED) is 0.847. The number of carbonyl (C=O) groups is 2. The first-order valence-electron chi connectivity index (χ1n) is 9.54. The number of nitrogens with zero attached hydrogens (tertiary/aromatic N) is 1. The molecule has 0 bridgehead atoms. The van der Waals surface area contributed by atoms with Crippen molar-refractivity contribution in [2.75, 3.05) is 20.2 Å². The molecule has 0 radical (unpaired) electrons. The Labute approximate surface area is 162 Å². The number of ether oxygens (including phenoxy) is 1. The molecule has 1 aromatic rings. The summed E-state index contributed by atoms with van der Waals surface area (Å²) >= 11 is 0. The maximum Gasteiger partial charge on any atom is 0.416 e. The van der Waals surface area contributed by atoms with Crippen molar-refractivity contribution in [2.24, 2.45) is 11.8 Å². The number of carbonyl (C=O) groups excluding carboxylic acids is 2. The summed E-state index contributed by atoms with van der Waals surface area (Å²) in [5.74, 6) is 0.362. The average Bonchev–Trinajstić information content (AvgIpc) is 3.38. The third kappa shape index (κ3) is 3.33. The predicted molar refractivity (Wildman–Crippen MR) is 96.6 cm³/mol. The predicted octanol–water partition coefficient (Wildman–Crippen LogP) is 3.58. The molecule has 0 aromatic heterocycles. The van der Waals surface area contributed by atoms with E-state index < -0.39 is 17.8 Å². The second-order valence-corrected chi connectivity index (χ2v) is 8.17. The van der Waals surface area contributed by atoms with Gasteiger partial charge in [0.2, 0.25) is 5.91 Å². The van der Waals surface area contributed by atoms with E-state index in [2.05, 4.69) is 10.1 Å². The number of likely N-dealkylation sites (tertiary alicyclic amines) is 1. The lowest BCUT2D eigenvalue weighted by atomic mass is 9.78. The Morgan fingerprint density at radius 3 is 2.50 bits per heavy atom. The first-order chi connectivity index (χ1) is 13.2. The highest BCUT2D eigenvalue weighted by molar-refractivity contribution is 5.80. The van der Waals surface area contributed by atoms with Gasteiger partial charge in [-0.1, -0.05) is 12.1 Å². The average molecular weight is 398 g/mol. The molecule has 8 heteroatoms. The number of halogens is 3. The standard InChI is InChI=1S/C20H23F3N2O3.H2/c1-28-18(27)24-16-8-12(9-16)17(26)25-7-6-19(10-15(19)11-25)13-2-4-14(5-3-13)20(21,22)23;/h2-5,12,15-16H,6-11H2,1H3,(H,24,27);1H. The molecule has 2 amide bonds. The number of fused-ring (bicyclic) bond motifs is 1. The second kappa shape index (κ2) is 6.67. The third-order valence-corrected chi connectivity index (χ3v) is 6.59. The van der Waals surface area contributed by atoms with Gasteiger partial charge in [0, 0.05) is 31.9 Å². The number of amides is 2. The van der Waals surface area contributed by atoms with E-state index in [4.69, 9.17) is 0 Å². The number of alkyl carbamates (subject to hydrolysis) is 1. The summed E-state index contributed by atoms with van der Waals surface area (Å²) in [6, 6.07) is 5.47. The van der Waals surface area contributed by atoms with Gasteiger partial charge in [-0.05, 0) is 49.3 Å². The number of nitrogens with one attached hydrogen (secondary N) is 1. The summed E-state index contributed by atoms with van der Waals surface area (Å²) in [4.78, 5) is 25.8. The van der Waals surface area contributed by atoms with Crippen molar-refractivity contribution in [3.8, 4) is 0 Å². The van der Waals surface area contributed by atoms with Gasteiger partial charge in [0.05, 0.1) is 12.7 Å². The van der Waals surface area contributed by atoms with Crippen LogP contribution in [0.5, 0.6) is 0 Å². The molecule has 2 saturated carbocycles. The fourth-order valence-corrected chi connectivity index (χ4v) is 4.73. The molecule has 4 rings (SSSR count). The molecule has 5 nitrogen and oxygen atoms in total. The fraction of sp³-hybridized carbons (Fsp3) is 0.600. The molecule has 154 valence electrons. The Morgan fingerprint density at radius 2 is 1.93 bits per heavy atom. The van der Waals surface area contributed by atoms with Crippen molar-refractivity contribution in [1.29, 1.82) is 0 Å². The van der Waals surface area contributed by atoms with E-state index in [0.717, 1.165) is 30.5 Å². The molecular weight excluding hydrogens is 373 g/mol. The van der Waals surface area contributed by atoms with Crippen molar-refractivity contribution in [3.05, 3.63) is 35.4 Å². The van der Waals surface area contributed by atoms with E-state index in [1.807, 2.05) is 4.90 Å². The van der Waals surface area contributed by atoms with Crippen molar-refractivity contribution >= 4 is 12.0 Å². The zero-order chi connectivity index (χ0) is 20.1. The van der Waals surface area contributed by atoms with Crippen LogP contribution in [0.2, 0.25) is 0 Å². The van der Waals surface area contributed by atoms with Gasteiger partial charge in [-0.25, -0.2) is 4.79 Å². The summed E-state index contributed by atoms with van der Waals surface area (Å²) < 4.78 is 42.9. The van der Waals surface area contributed by atoms with Crippen molar-refractivity contribution < 1.29 is 28.9 Å². The van der Waals surface area contributed by atoms with E-state index in [9.17, 15) is 22.8 Å². The van der Waals surface area contributed by atoms with Gasteiger partial charge in [-0.2, -0.15) is 13.2 Å². The minimum Gasteiger partial charge on any atom is -0.453 e. The largest absolute Gasteiger partial charge is 0.453 e. The number of rotatable bonds is 3. The third-order valence-electron chi connectivity index (χ3n) is 6.59. The fourth-order valence-electron chi connectivity index (χ4n) is 4.73. The molecule has 28 heavy (non-hydrogen) atoms. The van der Waals surface area contributed by atoms with Gasteiger partial charge in [0.25, 0.3) is 0 Å². The number of piperidine rings is 1. The van der Waals surface area contributed by atoms with Crippen LogP contribution in [0.4, 0.5) is 18.0 Å². The summed E-state index contributed by atoms with van der Waals surface area (Å²) in [5, 5.41) is 2.70. The zero-order valence-electron chi connectivity index (χ0n) is 15.6. The number of methoxy groups -OCH3 is 1. The van der Waals surface area contributed by atoms with E-state index in [-0.39, 0.29) is 24.7 Å². The van der Waals surface area contributed by atoms with Gasteiger partial charge >= 0.3 is 12.3 Å². The number of alkyl halides is 3. The minimum atomic E-state index is -4.32. The van der Waals surface area contributed by atoms with Crippen LogP contribution in [-0.2, 0) is 21.1 Å². The van der Waals surface area contributed by atoms with Crippen molar-refractivity contribution in [1.82, 2.24) is 10.2 Å². The molecule has 2 aliphatic carbocycles. The molecule has 3 fully saturated rings. The highest BCUT2D eigenvalue weighted by Gasteiger charge is 2.58. The van der Waals surface area contributed by atoms with E-state index in [0.29, 0.717) is 31.8 Å². The summed E-state index contributed by atoms with van der Waals surface area (Å²) in [5.41, 5.74) is 0.247. The molecule has 1 heterocycles. The number of hydrogen-bond donors (Lipinski definition) is 1. The lowest BCUT2D eigenvalue weighted by Gasteiger charge is -2.40. The van der Waals surface area contributed by atoms with E-state index in [1.54, 1.807) is 12.1 Å². The maximum absolute atomic E-state index is 12.8. The lowest BCUT2D eigenvalue weighted by Crippen LogP contribution is -2.52. The SMILES string of the molecule is COC(=O)NC1CC(C(=O)N2CCC3(c4ccc(C(F)(F)F)cc4)CC3C2)C1.[HH]. The molecule has 2 atom stereocenters. The molecule has 1 aliphatic heterocycles. The van der Waals surface area contributed by atoms with Crippen molar-refractivity contribution in [2.45, 2.75) is 43.3 Å². The molecule has 2 unspecified atom stereocenters. The van der Waals surface area contributed by atoms with Crippen LogP contribution in [0.3, 0.4) is 0 Å². The number of benzene rings is 1. The molecule has 1 aromatic carbocycles. The van der Waals surface area contributed by atoms with Gasteiger partial charge in [-0.15, -0.1) is 0 Å². The normalized spacial score (nSPS) is 31.4. The summed E-state index contributed by atoms with van der Waals surface area (Å²) in [6.07, 6.45) is -1.85. The first kappa shape index (κ1) is 19.1. The van der Waals surface area contributed by atoms with Crippen LogP contribution < -0.4 is 5.32 Å². The first-order valence-corrected chi connectivity index (χ1v) is 9.54. The highest BCUT2D eigenvalue weighted by atomic mass is 19.4. The van der Waals surface area contributed by atoms with E-state index in [1.165, 1.54) is 7.11 Å². The highest BCUT2D eigenvalue weighted by Crippen LogP contribution is 2.59. The van der Waals surface area contributed by atoms with Crippen LogP contribution in [0.25, 0.3) is 0 Å². The van der Waals surface area contributed by atoms with Crippen LogP contribution in [-0.4, -0.2) is 43.1 Å². The molecule has 1 saturated heterocycles. The number of hydrogen-bond acceptors (Lipinski definition) is 3. The zero-order valence-corrected chi connectivity index (χ0v) is 15.6. The Hall–Kier alpha value is -2.25. The van der Waals surface area contributed by atoms with Crippen LogP contribution >= 0.6 is 0 Å². The monoisotopic (exact) mass is 398 g/mol. The van der Waals surface area contributed by atoms with Crippen molar-refractivity contribution in [3.63, 3.8) is 0 Å². The molecule has 3 aliphatic rings. The Morgan fingerprint density at radius 1 is 1.25 bits per heavy atom. The van der Waals surface area contributed by atoms with Gasteiger partial charge in [-0.3, -0.25) is 4.79 Å². The molecular formula is C20H25F3N2O3. The Kier molecular flexibility index (Phi) is 4.55. The molecule has 1 N–H and O–H groups in total. The topological polar surface area (TPSA) is 58.6 Å².